The third kappa shape index (κ3) is 3.61. The Bertz CT molecular complexity index is 442. The van der Waals surface area contributed by atoms with Gasteiger partial charge in [0, 0.05) is 25.6 Å². The SMILES string of the molecule is CC(CN1CCC(O)CC1)C(=O)c1ccccc1F. The van der Waals surface area contributed by atoms with Crippen LogP contribution in [0.4, 0.5) is 4.39 Å². The van der Waals surface area contributed by atoms with Gasteiger partial charge in [-0.2, -0.15) is 0 Å². The zero-order valence-corrected chi connectivity index (χ0v) is 11.2. The summed E-state index contributed by atoms with van der Waals surface area (Å²) in [4.78, 5) is 14.4. The fraction of sp³-hybridized carbons (Fsp3) is 0.533. The lowest BCUT2D eigenvalue weighted by Crippen LogP contribution is -2.39. The maximum absolute atomic E-state index is 13.6. The van der Waals surface area contributed by atoms with Gasteiger partial charge in [-0.1, -0.05) is 19.1 Å². The highest BCUT2D eigenvalue weighted by Gasteiger charge is 2.23. The number of Topliss-reactive ketones (excluding diaryl/α,β-unsaturated/α-hetero) is 1. The minimum absolute atomic E-state index is 0.149. The molecule has 19 heavy (non-hydrogen) atoms. The lowest BCUT2D eigenvalue weighted by atomic mass is 9.97. The van der Waals surface area contributed by atoms with Gasteiger partial charge in [-0.3, -0.25) is 4.79 Å². The van der Waals surface area contributed by atoms with E-state index in [0.29, 0.717) is 6.54 Å². The highest BCUT2D eigenvalue weighted by molar-refractivity contribution is 5.98. The lowest BCUT2D eigenvalue weighted by Gasteiger charge is -2.31. The molecule has 1 aliphatic heterocycles. The average Bonchev–Trinajstić information content (AvgIpc) is 2.41. The number of carbonyl (C=O) groups excluding carboxylic acids is 1. The Morgan fingerprint density at radius 2 is 2.05 bits per heavy atom. The van der Waals surface area contributed by atoms with Crippen molar-refractivity contribution in [2.75, 3.05) is 19.6 Å². The summed E-state index contributed by atoms with van der Waals surface area (Å²) in [7, 11) is 0. The van der Waals surface area contributed by atoms with E-state index >= 15 is 0 Å². The molecule has 104 valence electrons. The van der Waals surface area contributed by atoms with Gasteiger partial charge < -0.3 is 10.0 Å². The molecule has 0 saturated carbocycles. The molecule has 1 aromatic rings. The molecule has 4 heteroatoms. The van der Waals surface area contributed by atoms with Crippen LogP contribution in [0.3, 0.4) is 0 Å². The van der Waals surface area contributed by atoms with Gasteiger partial charge >= 0.3 is 0 Å². The number of aliphatic hydroxyl groups is 1. The fourth-order valence-corrected chi connectivity index (χ4v) is 2.50. The molecule has 3 nitrogen and oxygen atoms in total. The molecule has 1 unspecified atom stereocenters. The number of nitrogens with zero attached hydrogens (tertiary/aromatic N) is 1. The molecule has 2 rings (SSSR count). The molecule has 0 radical (unpaired) electrons. The van der Waals surface area contributed by atoms with Gasteiger partial charge in [0.15, 0.2) is 5.78 Å². The molecule has 0 bridgehead atoms. The summed E-state index contributed by atoms with van der Waals surface area (Å²) < 4.78 is 13.6. The van der Waals surface area contributed by atoms with Crippen LogP contribution in [-0.4, -0.2) is 41.5 Å². The van der Waals surface area contributed by atoms with Crippen molar-refractivity contribution in [3.05, 3.63) is 35.6 Å². The summed E-state index contributed by atoms with van der Waals surface area (Å²) in [6.45, 7) is 4.06. The Morgan fingerprint density at radius 1 is 1.42 bits per heavy atom. The predicted molar refractivity (Wildman–Crippen MR) is 71.6 cm³/mol. The van der Waals surface area contributed by atoms with Crippen LogP contribution in [0, 0.1) is 11.7 Å². The number of carbonyl (C=O) groups is 1. The number of likely N-dealkylation sites (tertiary alicyclic amines) is 1. The third-order valence-electron chi connectivity index (χ3n) is 3.68. The van der Waals surface area contributed by atoms with Crippen LogP contribution in [0.1, 0.15) is 30.1 Å². The molecule has 0 amide bonds. The van der Waals surface area contributed by atoms with E-state index in [4.69, 9.17) is 0 Å². The van der Waals surface area contributed by atoms with Crippen LogP contribution in [-0.2, 0) is 0 Å². The van der Waals surface area contributed by atoms with Crippen molar-refractivity contribution in [2.45, 2.75) is 25.9 Å². The van der Waals surface area contributed by atoms with Crippen LogP contribution in [0.15, 0.2) is 24.3 Å². The highest BCUT2D eigenvalue weighted by atomic mass is 19.1. The second-order valence-electron chi connectivity index (χ2n) is 5.28. The van der Waals surface area contributed by atoms with Crippen molar-refractivity contribution < 1.29 is 14.3 Å². The molecular formula is C15H20FNO2. The molecule has 0 aliphatic carbocycles. The third-order valence-corrected chi connectivity index (χ3v) is 3.68. The van der Waals surface area contributed by atoms with Gasteiger partial charge in [0.2, 0.25) is 0 Å². The van der Waals surface area contributed by atoms with Crippen molar-refractivity contribution in [2.24, 2.45) is 5.92 Å². The van der Waals surface area contributed by atoms with Gasteiger partial charge in [-0.25, -0.2) is 4.39 Å². The standard InChI is InChI=1S/C15H20FNO2/c1-11(10-17-8-6-12(18)7-9-17)15(19)13-4-2-3-5-14(13)16/h2-5,11-12,18H,6-10H2,1H3. The van der Waals surface area contributed by atoms with E-state index in [-0.39, 0.29) is 23.4 Å². The molecule has 1 N–H and O–H groups in total. The number of benzene rings is 1. The summed E-state index contributed by atoms with van der Waals surface area (Å²) in [6.07, 6.45) is 1.29. The molecule has 1 atom stereocenters. The lowest BCUT2D eigenvalue weighted by molar-refractivity contribution is 0.0692. The van der Waals surface area contributed by atoms with E-state index in [1.165, 1.54) is 12.1 Å². The Hall–Kier alpha value is -1.26. The fourth-order valence-electron chi connectivity index (χ4n) is 2.50. The molecule has 1 aliphatic rings. The second kappa shape index (κ2) is 6.26. The number of rotatable bonds is 4. The zero-order chi connectivity index (χ0) is 13.8. The number of ketones is 1. The first-order chi connectivity index (χ1) is 9.08. The van der Waals surface area contributed by atoms with Gasteiger partial charge in [0.1, 0.15) is 5.82 Å². The maximum Gasteiger partial charge on any atom is 0.169 e. The van der Waals surface area contributed by atoms with Crippen molar-refractivity contribution in [3.63, 3.8) is 0 Å². The van der Waals surface area contributed by atoms with E-state index in [9.17, 15) is 14.3 Å². The molecule has 1 heterocycles. The van der Waals surface area contributed by atoms with E-state index in [2.05, 4.69) is 4.90 Å². The molecule has 0 spiro atoms. The number of hydrogen-bond donors (Lipinski definition) is 1. The summed E-state index contributed by atoms with van der Waals surface area (Å²) in [5, 5.41) is 9.44. The Balaban J connectivity index is 1.94. The predicted octanol–water partition coefficient (Wildman–Crippen LogP) is 2.10. The van der Waals surface area contributed by atoms with E-state index in [1.807, 2.05) is 6.92 Å². The molecule has 1 aromatic carbocycles. The number of hydrogen-bond acceptors (Lipinski definition) is 3. The largest absolute Gasteiger partial charge is 0.393 e. The monoisotopic (exact) mass is 265 g/mol. The van der Waals surface area contributed by atoms with E-state index in [1.54, 1.807) is 12.1 Å². The first kappa shape index (κ1) is 14.2. The van der Waals surface area contributed by atoms with Crippen LogP contribution in [0.5, 0.6) is 0 Å². The van der Waals surface area contributed by atoms with Crippen molar-refractivity contribution >= 4 is 5.78 Å². The molecule has 1 saturated heterocycles. The molecular weight excluding hydrogens is 245 g/mol. The van der Waals surface area contributed by atoms with Crippen LogP contribution >= 0.6 is 0 Å². The zero-order valence-electron chi connectivity index (χ0n) is 11.2. The Labute approximate surface area is 113 Å². The quantitative estimate of drug-likeness (QED) is 0.848. The minimum atomic E-state index is -0.451. The molecule has 0 aromatic heterocycles. The Morgan fingerprint density at radius 3 is 2.68 bits per heavy atom. The van der Waals surface area contributed by atoms with E-state index < -0.39 is 5.82 Å². The molecule has 1 fully saturated rings. The topological polar surface area (TPSA) is 40.5 Å². The Kier molecular flexibility index (Phi) is 4.66. The van der Waals surface area contributed by atoms with Gasteiger partial charge in [0.05, 0.1) is 11.7 Å². The second-order valence-corrected chi connectivity index (χ2v) is 5.28. The van der Waals surface area contributed by atoms with E-state index in [0.717, 1.165) is 25.9 Å². The summed E-state index contributed by atoms with van der Waals surface area (Å²) in [6, 6.07) is 6.12. The van der Waals surface area contributed by atoms with Crippen LogP contribution in [0.25, 0.3) is 0 Å². The average molecular weight is 265 g/mol. The normalized spacial score (nSPS) is 19.3. The summed E-state index contributed by atoms with van der Waals surface area (Å²) >= 11 is 0. The first-order valence-corrected chi connectivity index (χ1v) is 6.77. The minimum Gasteiger partial charge on any atom is -0.393 e. The summed E-state index contributed by atoms with van der Waals surface area (Å²) in [5.74, 6) is -0.829. The van der Waals surface area contributed by atoms with Gasteiger partial charge in [-0.05, 0) is 25.0 Å². The van der Waals surface area contributed by atoms with Crippen molar-refractivity contribution in [1.82, 2.24) is 4.90 Å². The van der Waals surface area contributed by atoms with Crippen LogP contribution in [0.2, 0.25) is 0 Å². The number of halogens is 1. The van der Waals surface area contributed by atoms with Gasteiger partial charge in [-0.15, -0.1) is 0 Å². The van der Waals surface area contributed by atoms with Crippen molar-refractivity contribution in [3.8, 4) is 0 Å². The summed E-state index contributed by atoms with van der Waals surface area (Å²) in [5.41, 5.74) is 0.173. The number of piperidine rings is 1. The maximum atomic E-state index is 13.6. The smallest absolute Gasteiger partial charge is 0.169 e. The van der Waals surface area contributed by atoms with Crippen molar-refractivity contribution in [1.29, 1.82) is 0 Å². The van der Waals surface area contributed by atoms with Gasteiger partial charge in [0.25, 0.3) is 0 Å². The van der Waals surface area contributed by atoms with Crippen LogP contribution < -0.4 is 0 Å². The highest BCUT2D eigenvalue weighted by Crippen LogP contribution is 2.16. The number of aliphatic hydroxyl groups excluding tert-OH is 1. The first-order valence-electron chi connectivity index (χ1n) is 6.77.